The zero-order chi connectivity index (χ0) is 24.3. The van der Waals surface area contributed by atoms with Crippen molar-refractivity contribution in [1.29, 1.82) is 0 Å². The van der Waals surface area contributed by atoms with Crippen LogP contribution in [0, 0.1) is 0 Å². The number of benzene rings is 2. The normalized spacial score (nSPS) is 13.8. The molecule has 2 aromatic heterocycles. The summed E-state index contributed by atoms with van der Waals surface area (Å²) in [5.74, 6) is 1.32. The van der Waals surface area contributed by atoms with E-state index in [4.69, 9.17) is 14.2 Å². The smallest absolute Gasteiger partial charge is 0.177 e. The van der Waals surface area contributed by atoms with Gasteiger partial charge in [0.2, 0.25) is 0 Å². The summed E-state index contributed by atoms with van der Waals surface area (Å²) < 4.78 is 16.7. The lowest BCUT2D eigenvalue weighted by molar-refractivity contribution is 0.101. The van der Waals surface area contributed by atoms with E-state index < -0.39 is 0 Å². The third kappa shape index (κ3) is 7.47. The monoisotopic (exact) mass is 532 g/mol. The van der Waals surface area contributed by atoms with Gasteiger partial charge in [-0.3, -0.25) is 14.8 Å². The van der Waals surface area contributed by atoms with Crippen molar-refractivity contribution in [2.75, 3.05) is 11.9 Å². The summed E-state index contributed by atoms with van der Waals surface area (Å²) in [5.41, 5.74) is 3.85. The van der Waals surface area contributed by atoms with Crippen molar-refractivity contribution in [3.8, 4) is 11.5 Å². The van der Waals surface area contributed by atoms with Gasteiger partial charge in [0.05, 0.1) is 29.9 Å². The zero-order valence-corrected chi connectivity index (χ0v) is 20.6. The molecule has 1 saturated heterocycles. The van der Waals surface area contributed by atoms with E-state index in [0.29, 0.717) is 24.5 Å². The van der Waals surface area contributed by atoms with Crippen molar-refractivity contribution in [3.05, 3.63) is 120 Å². The third-order valence-electron chi connectivity index (χ3n) is 5.18. The molecule has 1 unspecified atom stereocenters. The highest BCUT2D eigenvalue weighted by atomic mass is 79.9. The lowest BCUT2D eigenvalue weighted by Crippen LogP contribution is -2.05. The first-order chi connectivity index (χ1) is 17.2. The van der Waals surface area contributed by atoms with Crippen molar-refractivity contribution in [3.63, 3.8) is 0 Å². The Balaban J connectivity index is 0.000000165. The van der Waals surface area contributed by atoms with Gasteiger partial charge in [0, 0.05) is 18.0 Å². The summed E-state index contributed by atoms with van der Waals surface area (Å²) in [6, 6.07) is 23.5. The lowest BCUT2D eigenvalue weighted by Gasteiger charge is -2.09. The highest BCUT2D eigenvalue weighted by Gasteiger charge is 2.28. The maximum Gasteiger partial charge on any atom is 0.177 e. The summed E-state index contributed by atoms with van der Waals surface area (Å²) in [4.78, 5) is 19.8. The SMILES string of the molecule is O=C(CBr)c1ccncc1OCc1ccccc1.c1ccc(COc2cnccc2C2CO2)cc1. The van der Waals surface area contributed by atoms with E-state index in [1.165, 1.54) is 0 Å². The van der Waals surface area contributed by atoms with Crippen LogP contribution in [0.3, 0.4) is 0 Å². The van der Waals surface area contributed by atoms with Crippen LogP contribution in [0.2, 0.25) is 0 Å². The molecule has 0 amide bonds. The molecule has 35 heavy (non-hydrogen) atoms. The molecule has 178 valence electrons. The first-order valence-electron chi connectivity index (χ1n) is 11.2. The van der Waals surface area contributed by atoms with Gasteiger partial charge in [0.25, 0.3) is 0 Å². The lowest BCUT2D eigenvalue weighted by atomic mass is 10.2. The first kappa shape index (κ1) is 24.6. The van der Waals surface area contributed by atoms with Crippen molar-refractivity contribution in [2.24, 2.45) is 0 Å². The fourth-order valence-electron chi connectivity index (χ4n) is 3.27. The van der Waals surface area contributed by atoms with Crippen molar-refractivity contribution in [1.82, 2.24) is 9.97 Å². The molecule has 1 fully saturated rings. The van der Waals surface area contributed by atoms with Crippen LogP contribution < -0.4 is 9.47 Å². The summed E-state index contributed by atoms with van der Waals surface area (Å²) in [7, 11) is 0. The van der Waals surface area contributed by atoms with Crippen molar-refractivity contribution in [2.45, 2.75) is 19.3 Å². The minimum Gasteiger partial charge on any atom is -0.487 e. The molecule has 0 aliphatic carbocycles. The molecule has 7 heteroatoms. The summed E-state index contributed by atoms with van der Waals surface area (Å²) in [5, 5.41) is 0.276. The van der Waals surface area contributed by atoms with Crippen LogP contribution in [0.1, 0.15) is 33.2 Å². The number of carbonyl (C=O) groups excluding carboxylic acids is 1. The van der Waals surface area contributed by atoms with Gasteiger partial charge in [-0.1, -0.05) is 76.6 Å². The number of aromatic nitrogens is 2. The van der Waals surface area contributed by atoms with E-state index in [1.54, 1.807) is 30.9 Å². The van der Waals surface area contributed by atoms with Crippen molar-refractivity contribution < 1.29 is 19.0 Å². The standard InChI is InChI=1S/C14H12BrNO2.C14H13NO2/c15-8-13(17)12-6-7-16-9-14(12)18-10-11-4-2-1-3-5-11;1-2-4-11(5-3-1)9-16-13-8-15-7-6-12(13)14-10-17-14/h1-7,9H,8,10H2;1-8,14H,9-10H2. The average Bonchev–Trinajstić information content (AvgIpc) is 3.78. The number of nitrogens with zero attached hydrogens (tertiary/aromatic N) is 2. The quantitative estimate of drug-likeness (QED) is 0.150. The molecule has 1 aliphatic rings. The summed E-state index contributed by atoms with van der Waals surface area (Å²) >= 11 is 3.16. The highest BCUT2D eigenvalue weighted by molar-refractivity contribution is 9.09. The first-order valence-corrected chi connectivity index (χ1v) is 12.3. The number of epoxide rings is 1. The van der Waals surface area contributed by atoms with Gasteiger partial charge in [-0.15, -0.1) is 0 Å². The van der Waals surface area contributed by atoms with Crippen LogP contribution in [0.5, 0.6) is 11.5 Å². The second-order valence-electron chi connectivity index (χ2n) is 7.71. The van der Waals surface area contributed by atoms with Crippen LogP contribution in [0.15, 0.2) is 97.6 Å². The molecule has 5 rings (SSSR count). The Bertz CT molecular complexity index is 1220. The number of pyridine rings is 2. The Morgan fingerprint density at radius 1 is 0.829 bits per heavy atom. The maximum atomic E-state index is 11.7. The van der Waals surface area contributed by atoms with Crippen LogP contribution in [-0.2, 0) is 18.0 Å². The van der Waals surface area contributed by atoms with Gasteiger partial charge in [-0.05, 0) is 23.3 Å². The predicted molar refractivity (Wildman–Crippen MR) is 137 cm³/mol. The van der Waals surface area contributed by atoms with E-state index in [2.05, 4.69) is 25.9 Å². The second kappa shape index (κ2) is 12.8. The highest BCUT2D eigenvalue weighted by Crippen LogP contribution is 2.35. The van der Waals surface area contributed by atoms with Crippen LogP contribution in [-0.4, -0.2) is 27.7 Å². The Kier molecular flexibility index (Phi) is 8.98. The Morgan fingerprint density at radius 3 is 1.94 bits per heavy atom. The van der Waals surface area contributed by atoms with E-state index >= 15 is 0 Å². The fourth-order valence-corrected chi connectivity index (χ4v) is 3.58. The van der Waals surface area contributed by atoms with Gasteiger partial charge in [0.15, 0.2) is 5.78 Å². The molecule has 0 bridgehead atoms. The molecular weight excluding hydrogens is 508 g/mol. The fraction of sp³-hybridized carbons (Fsp3) is 0.179. The number of Topliss-reactive ketones (excluding diaryl/α,β-unsaturated/α-hetero) is 1. The molecule has 6 nitrogen and oxygen atoms in total. The number of hydrogen-bond acceptors (Lipinski definition) is 6. The van der Waals surface area contributed by atoms with Gasteiger partial charge >= 0.3 is 0 Å². The van der Waals surface area contributed by atoms with E-state index in [9.17, 15) is 4.79 Å². The molecule has 1 atom stereocenters. The minimum atomic E-state index is -0.0135. The number of halogens is 1. The second-order valence-corrected chi connectivity index (χ2v) is 8.27. The zero-order valence-electron chi connectivity index (χ0n) is 19.0. The van der Waals surface area contributed by atoms with E-state index in [0.717, 1.165) is 29.0 Å². The predicted octanol–water partition coefficient (Wildman–Crippen LogP) is 5.97. The summed E-state index contributed by atoms with van der Waals surface area (Å²) in [6.07, 6.45) is 6.87. The number of carbonyl (C=O) groups is 1. The van der Waals surface area contributed by atoms with Gasteiger partial charge in [0.1, 0.15) is 30.8 Å². The van der Waals surface area contributed by atoms with Gasteiger partial charge < -0.3 is 14.2 Å². The Labute approximate surface area is 213 Å². The number of hydrogen-bond donors (Lipinski definition) is 0. The summed E-state index contributed by atoms with van der Waals surface area (Å²) in [6.45, 7) is 1.77. The molecular formula is C28H25BrN2O4. The molecule has 4 aromatic rings. The van der Waals surface area contributed by atoms with E-state index in [-0.39, 0.29) is 17.2 Å². The number of rotatable bonds is 9. The molecule has 1 aliphatic heterocycles. The topological polar surface area (TPSA) is 73.8 Å². The minimum absolute atomic E-state index is 0.0135. The van der Waals surface area contributed by atoms with Crippen LogP contribution in [0.4, 0.5) is 0 Å². The molecule has 0 N–H and O–H groups in total. The molecule has 0 spiro atoms. The van der Waals surface area contributed by atoms with E-state index in [1.807, 2.05) is 66.7 Å². The largest absolute Gasteiger partial charge is 0.487 e. The maximum absolute atomic E-state index is 11.7. The molecule has 0 saturated carbocycles. The third-order valence-corrected chi connectivity index (χ3v) is 5.69. The number of alkyl halides is 1. The molecule has 2 aromatic carbocycles. The van der Waals surface area contributed by atoms with Gasteiger partial charge in [-0.25, -0.2) is 0 Å². The number of ketones is 1. The van der Waals surface area contributed by atoms with Crippen LogP contribution >= 0.6 is 15.9 Å². The van der Waals surface area contributed by atoms with Crippen LogP contribution in [0.25, 0.3) is 0 Å². The average molecular weight is 533 g/mol. The van der Waals surface area contributed by atoms with Gasteiger partial charge in [-0.2, -0.15) is 0 Å². The Hall–Kier alpha value is -3.55. The number of ether oxygens (including phenoxy) is 3. The molecule has 3 heterocycles. The Morgan fingerprint density at radius 2 is 1.37 bits per heavy atom. The van der Waals surface area contributed by atoms with Crippen molar-refractivity contribution >= 4 is 21.7 Å². The molecule has 0 radical (unpaired) electrons.